The van der Waals surface area contributed by atoms with E-state index in [1.807, 2.05) is 11.8 Å². The second-order valence-electron chi connectivity index (χ2n) is 4.71. The molecular weight excluding hydrogens is 290 g/mol. The number of thiocarbonyl (C=S) groups is 1. The van der Waals surface area contributed by atoms with Crippen LogP contribution < -0.4 is 16.0 Å². The van der Waals surface area contributed by atoms with Crippen molar-refractivity contribution >= 4 is 28.9 Å². The molecule has 0 radical (unpaired) electrons. The first-order valence-electron chi connectivity index (χ1n) is 6.88. The Labute approximate surface area is 128 Å². The minimum Gasteiger partial charge on any atom is -0.389 e. The summed E-state index contributed by atoms with van der Waals surface area (Å²) in [4.78, 5) is 14.4. The van der Waals surface area contributed by atoms with Crippen LogP contribution in [0.3, 0.4) is 0 Å². The Bertz CT molecular complexity index is 525. The van der Waals surface area contributed by atoms with Crippen LogP contribution in [0.5, 0.6) is 0 Å². The van der Waals surface area contributed by atoms with E-state index in [1.54, 1.807) is 6.07 Å². The SMILES string of the molecule is CCCNC(=O)C1COCCN1c1nnccc1C(N)=S. The minimum atomic E-state index is -0.449. The fourth-order valence-electron chi connectivity index (χ4n) is 2.17. The summed E-state index contributed by atoms with van der Waals surface area (Å²) < 4.78 is 5.42. The minimum absolute atomic E-state index is 0.0870. The molecule has 2 heterocycles. The van der Waals surface area contributed by atoms with E-state index in [-0.39, 0.29) is 10.9 Å². The molecule has 7 nitrogen and oxygen atoms in total. The van der Waals surface area contributed by atoms with Gasteiger partial charge >= 0.3 is 0 Å². The first-order chi connectivity index (χ1) is 10.1. The van der Waals surface area contributed by atoms with Gasteiger partial charge < -0.3 is 20.7 Å². The number of carbonyl (C=O) groups is 1. The smallest absolute Gasteiger partial charge is 0.245 e. The second kappa shape index (κ2) is 7.28. The van der Waals surface area contributed by atoms with Gasteiger partial charge in [0, 0.05) is 13.1 Å². The average molecular weight is 309 g/mol. The number of ether oxygens (including phenoxy) is 1. The largest absolute Gasteiger partial charge is 0.389 e. The average Bonchev–Trinajstić information content (AvgIpc) is 2.52. The van der Waals surface area contributed by atoms with E-state index in [9.17, 15) is 4.79 Å². The van der Waals surface area contributed by atoms with E-state index < -0.39 is 6.04 Å². The molecule has 0 aromatic carbocycles. The zero-order chi connectivity index (χ0) is 15.2. The maximum absolute atomic E-state index is 12.3. The van der Waals surface area contributed by atoms with Crippen molar-refractivity contribution in [2.24, 2.45) is 5.73 Å². The lowest BCUT2D eigenvalue weighted by molar-refractivity contribution is -0.124. The van der Waals surface area contributed by atoms with E-state index in [0.29, 0.717) is 37.7 Å². The van der Waals surface area contributed by atoms with Crippen LogP contribution in [0.1, 0.15) is 18.9 Å². The first kappa shape index (κ1) is 15.6. The van der Waals surface area contributed by atoms with E-state index in [4.69, 9.17) is 22.7 Å². The predicted octanol–water partition coefficient (Wildman–Crippen LogP) is -0.158. The predicted molar refractivity (Wildman–Crippen MR) is 83.2 cm³/mol. The van der Waals surface area contributed by atoms with Gasteiger partial charge in [-0.2, -0.15) is 5.10 Å². The molecule has 0 spiro atoms. The maximum atomic E-state index is 12.3. The lowest BCUT2D eigenvalue weighted by atomic mass is 10.1. The van der Waals surface area contributed by atoms with Crippen molar-refractivity contribution in [1.29, 1.82) is 0 Å². The fourth-order valence-corrected chi connectivity index (χ4v) is 2.33. The lowest BCUT2D eigenvalue weighted by Gasteiger charge is -2.35. The molecule has 114 valence electrons. The summed E-state index contributed by atoms with van der Waals surface area (Å²) >= 11 is 5.04. The highest BCUT2D eigenvalue weighted by molar-refractivity contribution is 7.80. The number of aromatic nitrogens is 2. The van der Waals surface area contributed by atoms with Gasteiger partial charge in [-0.15, -0.1) is 5.10 Å². The monoisotopic (exact) mass is 309 g/mol. The summed E-state index contributed by atoms with van der Waals surface area (Å²) in [6.07, 6.45) is 2.41. The molecule has 1 aliphatic heterocycles. The number of nitrogens with one attached hydrogen (secondary N) is 1. The fraction of sp³-hybridized carbons (Fsp3) is 0.538. The van der Waals surface area contributed by atoms with Gasteiger partial charge in [0.05, 0.1) is 25.0 Å². The Morgan fingerprint density at radius 3 is 3.19 bits per heavy atom. The van der Waals surface area contributed by atoms with Crippen LogP contribution >= 0.6 is 12.2 Å². The standard InChI is InChI=1S/C13H19N5O2S/c1-2-4-15-13(19)10-8-20-7-6-18(10)12-9(11(14)21)3-5-16-17-12/h3,5,10H,2,4,6-8H2,1H3,(H2,14,21)(H,15,19). The number of hydrogen-bond acceptors (Lipinski definition) is 6. The Kier molecular flexibility index (Phi) is 5.40. The third-order valence-electron chi connectivity index (χ3n) is 3.22. The molecule has 3 N–H and O–H groups in total. The van der Waals surface area contributed by atoms with Crippen molar-refractivity contribution in [1.82, 2.24) is 15.5 Å². The molecule has 1 atom stereocenters. The first-order valence-corrected chi connectivity index (χ1v) is 7.29. The van der Waals surface area contributed by atoms with Crippen molar-refractivity contribution < 1.29 is 9.53 Å². The highest BCUT2D eigenvalue weighted by atomic mass is 32.1. The van der Waals surface area contributed by atoms with Crippen molar-refractivity contribution in [3.63, 3.8) is 0 Å². The summed E-state index contributed by atoms with van der Waals surface area (Å²) in [6, 6.07) is 1.26. The van der Waals surface area contributed by atoms with Gasteiger partial charge in [0.15, 0.2) is 5.82 Å². The number of amides is 1. The van der Waals surface area contributed by atoms with Crippen molar-refractivity contribution in [3.8, 4) is 0 Å². The Morgan fingerprint density at radius 2 is 2.48 bits per heavy atom. The molecule has 21 heavy (non-hydrogen) atoms. The van der Waals surface area contributed by atoms with Gasteiger partial charge in [-0.1, -0.05) is 19.1 Å². The van der Waals surface area contributed by atoms with Crippen LogP contribution in [-0.2, 0) is 9.53 Å². The topological polar surface area (TPSA) is 93.4 Å². The van der Waals surface area contributed by atoms with Crippen LogP contribution in [-0.4, -0.2) is 53.4 Å². The maximum Gasteiger partial charge on any atom is 0.245 e. The summed E-state index contributed by atoms with van der Waals surface area (Å²) in [6.45, 7) is 4.00. The highest BCUT2D eigenvalue weighted by Crippen LogP contribution is 2.21. The zero-order valence-electron chi connectivity index (χ0n) is 11.9. The molecule has 1 unspecified atom stereocenters. The normalized spacial score (nSPS) is 18.3. The number of nitrogens with zero attached hydrogens (tertiary/aromatic N) is 3. The third kappa shape index (κ3) is 3.64. The third-order valence-corrected chi connectivity index (χ3v) is 3.44. The van der Waals surface area contributed by atoms with Crippen molar-refractivity contribution in [2.45, 2.75) is 19.4 Å². The summed E-state index contributed by atoms with van der Waals surface area (Å²) in [5.74, 6) is 0.445. The molecule has 1 amide bonds. The summed E-state index contributed by atoms with van der Waals surface area (Å²) in [5, 5.41) is 10.9. The van der Waals surface area contributed by atoms with Gasteiger partial charge in [-0.25, -0.2) is 0 Å². The molecule has 1 aromatic heterocycles. The van der Waals surface area contributed by atoms with Gasteiger partial charge in [-0.3, -0.25) is 4.79 Å². The van der Waals surface area contributed by atoms with Crippen molar-refractivity contribution in [2.75, 3.05) is 31.2 Å². The van der Waals surface area contributed by atoms with Crippen LogP contribution in [0, 0.1) is 0 Å². The quantitative estimate of drug-likeness (QED) is 0.730. The highest BCUT2D eigenvalue weighted by Gasteiger charge is 2.32. The van der Waals surface area contributed by atoms with E-state index in [0.717, 1.165) is 6.42 Å². The van der Waals surface area contributed by atoms with Crippen LogP contribution in [0.15, 0.2) is 12.3 Å². The zero-order valence-corrected chi connectivity index (χ0v) is 12.7. The molecule has 1 aromatic rings. The van der Waals surface area contributed by atoms with E-state index in [2.05, 4.69) is 15.5 Å². The van der Waals surface area contributed by atoms with Crippen LogP contribution in [0.25, 0.3) is 0 Å². The van der Waals surface area contributed by atoms with E-state index >= 15 is 0 Å². The number of nitrogens with two attached hydrogens (primary N) is 1. The van der Waals surface area contributed by atoms with Gasteiger partial charge in [0.25, 0.3) is 0 Å². The molecule has 0 saturated carbocycles. The van der Waals surface area contributed by atoms with Crippen molar-refractivity contribution in [3.05, 3.63) is 17.8 Å². The number of anilines is 1. The molecule has 0 bridgehead atoms. The molecule has 8 heteroatoms. The Morgan fingerprint density at radius 1 is 1.67 bits per heavy atom. The lowest BCUT2D eigenvalue weighted by Crippen LogP contribution is -2.54. The molecule has 0 aliphatic carbocycles. The Balaban J connectivity index is 2.26. The van der Waals surface area contributed by atoms with Gasteiger partial charge in [0.1, 0.15) is 11.0 Å². The van der Waals surface area contributed by atoms with Crippen LogP contribution in [0.2, 0.25) is 0 Å². The molecule has 2 rings (SSSR count). The number of rotatable bonds is 5. The number of hydrogen-bond donors (Lipinski definition) is 2. The molecule has 1 saturated heterocycles. The van der Waals surface area contributed by atoms with Gasteiger partial charge in [0.2, 0.25) is 5.91 Å². The van der Waals surface area contributed by atoms with Crippen LogP contribution in [0.4, 0.5) is 5.82 Å². The summed E-state index contributed by atoms with van der Waals surface area (Å²) in [7, 11) is 0. The van der Waals surface area contributed by atoms with Gasteiger partial charge in [-0.05, 0) is 12.5 Å². The Hall–Kier alpha value is -1.80. The molecule has 1 fully saturated rings. The molecular formula is C13H19N5O2S. The number of morpholine rings is 1. The molecule has 1 aliphatic rings. The summed E-state index contributed by atoms with van der Waals surface area (Å²) in [5.41, 5.74) is 6.35. The van der Waals surface area contributed by atoms with E-state index in [1.165, 1.54) is 6.20 Å². The second-order valence-corrected chi connectivity index (χ2v) is 5.15. The number of carbonyl (C=O) groups excluding carboxylic acids is 1.